The summed E-state index contributed by atoms with van der Waals surface area (Å²) in [5.74, 6) is 0.601. The van der Waals surface area contributed by atoms with Crippen molar-refractivity contribution in [2.45, 2.75) is 25.3 Å². The van der Waals surface area contributed by atoms with E-state index in [1.165, 1.54) is 5.57 Å². The average Bonchev–Trinajstić information content (AvgIpc) is 3.45. The van der Waals surface area contributed by atoms with Crippen molar-refractivity contribution in [3.05, 3.63) is 77.0 Å². The Labute approximate surface area is 206 Å². The molecule has 3 heterocycles. The molecule has 1 unspecified atom stereocenters. The van der Waals surface area contributed by atoms with Crippen LogP contribution in [-0.4, -0.2) is 72.8 Å². The largest absolute Gasteiger partial charge is 0.336 e. The highest BCUT2D eigenvalue weighted by molar-refractivity contribution is 7.91. The normalized spacial score (nSPS) is 23.1. The summed E-state index contributed by atoms with van der Waals surface area (Å²) < 4.78 is 23.8. The van der Waals surface area contributed by atoms with Gasteiger partial charge in [-0.05, 0) is 48.1 Å². The number of para-hydroxylation sites is 1. The minimum atomic E-state index is -2.91. The topological polar surface area (TPSA) is 70.6 Å². The van der Waals surface area contributed by atoms with Crippen molar-refractivity contribution in [2.24, 2.45) is 0 Å². The molecule has 2 aromatic carbocycles. The minimum Gasteiger partial charge on any atom is -0.336 e. The third-order valence-electron chi connectivity index (χ3n) is 7.62. The summed E-state index contributed by atoms with van der Waals surface area (Å²) in [4.78, 5) is 23.1. The molecule has 0 bridgehead atoms. The second-order valence-corrected chi connectivity index (χ2v) is 12.0. The van der Waals surface area contributed by atoms with E-state index in [1.807, 2.05) is 47.4 Å². The number of fused-ring (bicyclic) bond motifs is 2. The van der Waals surface area contributed by atoms with Gasteiger partial charge in [-0.3, -0.25) is 9.69 Å². The molecule has 2 aliphatic heterocycles. The van der Waals surface area contributed by atoms with Gasteiger partial charge in [0.05, 0.1) is 28.3 Å². The maximum atomic E-state index is 13.9. The van der Waals surface area contributed by atoms with Crippen molar-refractivity contribution in [2.75, 3.05) is 37.7 Å². The van der Waals surface area contributed by atoms with Gasteiger partial charge in [0.15, 0.2) is 9.84 Å². The molecule has 2 fully saturated rings. The lowest BCUT2D eigenvalue weighted by molar-refractivity contribution is 0.0588. The Morgan fingerprint density at radius 3 is 2.43 bits per heavy atom. The number of amides is 1. The zero-order valence-electron chi connectivity index (χ0n) is 19.7. The number of sulfone groups is 1. The number of pyridine rings is 1. The highest BCUT2D eigenvalue weighted by Crippen LogP contribution is 2.38. The van der Waals surface area contributed by atoms with Crippen molar-refractivity contribution in [3.63, 3.8) is 0 Å². The molecule has 1 aliphatic carbocycles. The molecule has 6 nitrogen and oxygen atoms in total. The highest BCUT2D eigenvalue weighted by atomic mass is 32.2. The number of aromatic nitrogens is 1. The SMILES string of the molecule is O=C(c1c2c(nc3ccccc13)/C(=C/c1ccccc1)CC2)N1CCN(C2CCS(=O)(=O)C2)CC1. The Morgan fingerprint density at radius 2 is 1.69 bits per heavy atom. The molecule has 2 saturated heterocycles. The summed E-state index contributed by atoms with van der Waals surface area (Å²) in [6, 6.07) is 18.3. The number of rotatable bonds is 3. The summed E-state index contributed by atoms with van der Waals surface area (Å²) >= 11 is 0. The molecule has 1 aromatic heterocycles. The van der Waals surface area contributed by atoms with Gasteiger partial charge >= 0.3 is 0 Å². The van der Waals surface area contributed by atoms with Crippen LogP contribution in [0.4, 0.5) is 0 Å². The van der Waals surface area contributed by atoms with Gasteiger partial charge in [0.2, 0.25) is 0 Å². The van der Waals surface area contributed by atoms with Gasteiger partial charge in [0.25, 0.3) is 5.91 Å². The van der Waals surface area contributed by atoms with Gasteiger partial charge < -0.3 is 4.90 Å². The monoisotopic (exact) mass is 487 g/mol. The van der Waals surface area contributed by atoms with E-state index in [4.69, 9.17) is 4.98 Å². The van der Waals surface area contributed by atoms with Gasteiger partial charge in [0.1, 0.15) is 0 Å². The van der Waals surface area contributed by atoms with Crippen molar-refractivity contribution in [1.29, 1.82) is 0 Å². The standard InChI is InChI=1S/C28H29N3O3S/c32-28(31-15-13-30(14-16-31)22-12-17-35(33,34)19-22)26-23-8-4-5-9-25(23)29-27-21(10-11-24(26)27)18-20-6-2-1-3-7-20/h1-9,18,22H,10-17,19H2/b21-18+. The number of benzene rings is 2. The van der Waals surface area contributed by atoms with Crippen LogP contribution in [0.5, 0.6) is 0 Å². The van der Waals surface area contributed by atoms with E-state index in [1.54, 1.807) is 0 Å². The molecule has 0 spiro atoms. The van der Waals surface area contributed by atoms with Crippen LogP contribution in [0, 0.1) is 0 Å². The Kier molecular flexibility index (Phi) is 5.69. The number of hydrogen-bond acceptors (Lipinski definition) is 5. The van der Waals surface area contributed by atoms with Crippen LogP contribution in [0.25, 0.3) is 22.6 Å². The first kappa shape index (κ1) is 22.4. The summed E-state index contributed by atoms with van der Waals surface area (Å²) in [5.41, 5.74) is 5.97. The van der Waals surface area contributed by atoms with E-state index >= 15 is 0 Å². The predicted octanol–water partition coefficient (Wildman–Crippen LogP) is 3.67. The highest BCUT2D eigenvalue weighted by Gasteiger charge is 2.35. The van der Waals surface area contributed by atoms with Gasteiger partial charge in [-0.15, -0.1) is 0 Å². The Bertz CT molecular complexity index is 1420. The summed E-state index contributed by atoms with van der Waals surface area (Å²) in [6.45, 7) is 2.67. The molecule has 3 aromatic rings. The van der Waals surface area contributed by atoms with Crippen LogP contribution >= 0.6 is 0 Å². The first-order chi connectivity index (χ1) is 17.0. The van der Waals surface area contributed by atoms with Crippen LogP contribution in [0.1, 0.15) is 40.0 Å². The molecular weight excluding hydrogens is 458 g/mol. The minimum absolute atomic E-state index is 0.0690. The zero-order chi connectivity index (χ0) is 24.0. The number of carbonyl (C=O) groups excluding carboxylic acids is 1. The second-order valence-electron chi connectivity index (χ2n) is 9.80. The quantitative estimate of drug-likeness (QED) is 0.564. The summed E-state index contributed by atoms with van der Waals surface area (Å²) in [7, 11) is -2.91. The van der Waals surface area contributed by atoms with E-state index < -0.39 is 9.84 Å². The van der Waals surface area contributed by atoms with Crippen LogP contribution in [0.2, 0.25) is 0 Å². The Morgan fingerprint density at radius 1 is 0.943 bits per heavy atom. The van der Waals surface area contributed by atoms with Gasteiger partial charge in [-0.1, -0.05) is 48.5 Å². The van der Waals surface area contributed by atoms with Gasteiger partial charge in [-0.25, -0.2) is 13.4 Å². The van der Waals surface area contributed by atoms with E-state index in [2.05, 4.69) is 23.1 Å². The maximum absolute atomic E-state index is 13.9. The molecule has 0 N–H and O–H groups in total. The average molecular weight is 488 g/mol. The van der Waals surface area contributed by atoms with Crippen LogP contribution in [0.15, 0.2) is 54.6 Å². The molecule has 3 aliphatic rings. The Hall–Kier alpha value is -3.03. The smallest absolute Gasteiger partial charge is 0.254 e. The molecule has 7 heteroatoms. The van der Waals surface area contributed by atoms with Crippen LogP contribution in [0.3, 0.4) is 0 Å². The maximum Gasteiger partial charge on any atom is 0.254 e. The molecule has 1 amide bonds. The molecule has 0 radical (unpaired) electrons. The van der Waals surface area contributed by atoms with E-state index in [0.717, 1.165) is 59.2 Å². The number of hydrogen-bond donors (Lipinski definition) is 0. The summed E-state index contributed by atoms with van der Waals surface area (Å²) in [6.07, 6.45) is 4.58. The van der Waals surface area contributed by atoms with E-state index in [-0.39, 0.29) is 23.5 Å². The fourth-order valence-corrected chi connectivity index (χ4v) is 7.55. The molecule has 0 saturated carbocycles. The summed E-state index contributed by atoms with van der Waals surface area (Å²) in [5, 5.41) is 0.918. The molecule has 35 heavy (non-hydrogen) atoms. The number of allylic oxidation sites excluding steroid dienone is 1. The van der Waals surface area contributed by atoms with E-state index in [0.29, 0.717) is 19.5 Å². The lowest BCUT2D eigenvalue weighted by atomic mass is 9.99. The fourth-order valence-electron chi connectivity index (χ4n) is 5.79. The molecule has 180 valence electrons. The predicted molar refractivity (Wildman–Crippen MR) is 139 cm³/mol. The first-order valence-electron chi connectivity index (χ1n) is 12.4. The fraction of sp³-hybridized carbons (Fsp3) is 0.357. The van der Waals surface area contributed by atoms with Crippen LogP contribution in [-0.2, 0) is 16.3 Å². The zero-order valence-corrected chi connectivity index (χ0v) is 20.5. The number of carbonyl (C=O) groups is 1. The number of nitrogens with zero attached hydrogens (tertiary/aromatic N) is 3. The van der Waals surface area contributed by atoms with Crippen molar-refractivity contribution in [1.82, 2.24) is 14.8 Å². The molecule has 6 rings (SSSR count). The van der Waals surface area contributed by atoms with Crippen molar-refractivity contribution in [3.8, 4) is 0 Å². The van der Waals surface area contributed by atoms with Gasteiger partial charge in [-0.2, -0.15) is 0 Å². The number of piperazine rings is 1. The third kappa shape index (κ3) is 4.28. The first-order valence-corrected chi connectivity index (χ1v) is 14.2. The molecule has 1 atom stereocenters. The third-order valence-corrected chi connectivity index (χ3v) is 9.37. The van der Waals surface area contributed by atoms with Crippen molar-refractivity contribution < 1.29 is 13.2 Å². The lowest BCUT2D eigenvalue weighted by Crippen LogP contribution is -2.52. The van der Waals surface area contributed by atoms with Gasteiger partial charge in [0, 0.05) is 37.6 Å². The molecular formula is C28H29N3O3S. The van der Waals surface area contributed by atoms with E-state index in [9.17, 15) is 13.2 Å². The van der Waals surface area contributed by atoms with Crippen molar-refractivity contribution >= 4 is 38.3 Å². The Balaban J connectivity index is 1.31. The van der Waals surface area contributed by atoms with Crippen LogP contribution < -0.4 is 0 Å². The second kappa shape index (κ2) is 8.88. The lowest BCUT2D eigenvalue weighted by Gasteiger charge is -2.38.